The molecule has 0 spiro atoms. The Bertz CT molecular complexity index is 1970. The van der Waals surface area contributed by atoms with Crippen LogP contribution in [0.25, 0.3) is 16.7 Å². The van der Waals surface area contributed by atoms with E-state index in [9.17, 15) is 19.5 Å². The number of nitrogens with zero attached hydrogens (tertiary/aromatic N) is 4. The van der Waals surface area contributed by atoms with Gasteiger partial charge in [-0.2, -0.15) is 0 Å². The van der Waals surface area contributed by atoms with Crippen LogP contribution in [0.15, 0.2) is 84.5 Å². The average molecular weight is 616 g/mol. The van der Waals surface area contributed by atoms with Crippen molar-refractivity contribution in [3.63, 3.8) is 0 Å². The molecule has 6 rings (SSSR count). The second kappa shape index (κ2) is 10.6. The maximum atomic E-state index is 12.8. The Kier molecular flexibility index (Phi) is 6.83. The highest BCUT2D eigenvalue weighted by Crippen LogP contribution is 2.33. The zero-order valence-electron chi connectivity index (χ0n) is 22.0. The number of halogens is 1. The molecule has 11 nitrogen and oxygen atoms in total. The van der Waals surface area contributed by atoms with Gasteiger partial charge in [0.25, 0.3) is 5.56 Å². The van der Waals surface area contributed by atoms with E-state index >= 15 is 0 Å². The van der Waals surface area contributed by atoms with E-state index in [4.69, 9.17) is 0 Å². The minimum atomic E-state index is -0.769. The molecule has 0 amide bonds. The molecule has 4 N–H and O–H groups in total. The minimum Gasteiger partial charge on any atom is -0.493 e. The van der Waals surface area contributed by atoms with Crippen LogP contribution in [-0.2, 0) is 0 Å². The first-order valence-electron chi connectivity index (χ1n) is 13.0. The maximum Gasteiger partial charge on any atom is 0.335 e. The van der Waals surface area contributed by atoms with Gasteiger partial charge in [-0.05, 0) is 55.0 Å². The second-order valence-electron chi connectivity index (χ2n) is 9.80. The van der Waals surface area contributed by atoms with E-state index in [1.165, 1.54) is 6.21 Å². The van der Waals surface area contributed by atoms with Crippen molar-refractivity contribution in [1.82, 2.24) is 19.5 Å². The molecule has 1 saturated heterocycles. The highest BCUT2D eigenvalue weighted by atomic mass is 79.9. The van der Waals surface area contributed by atoms with Crippen molar-refractivity contribution in [3.8, 4) is 11.6 Å². The van der Waals surface area contributed by atoms with Crippen LogP contribution in [0.2, 0.25) is 0 Å². The van der Waals surface area contributed by atoms with E-state index in [0.717, 1.165) is 39.1 Å². The molecule has 2 aromatic heterocycles. The van der Waals surface area contributed by atoms with Crippen LogP contribution in [0, 0.1) is 6.92 Å². The molecule has 12 heteroatoms. The van der Waals surface area contributed by atoms with Gasteiger partial charge in [0, 0.05) is 42.6 Å². The van der Waals surface area contributed by atoms with Gasteiger partial charge in [0.05, 0.1) is 28.1 Å². The number of anilines is 2. The van der Waals surface area contributed by atoms with Gasteiger partial charge in [0.1, 0.15) is 5.56 Å². The number of hydrogen-bond acceptors (Lipinski definition) is 7. The number of para-hydroxylation sites is 1. The number of hydrogen-bond donors (Lipinski definition) is 4. The van der Waals surface area contributed by atoms with Crippen molar-refractivity contribution >= 4 is 50.2 Å². The number of piperazine rings is 1. The molecular formula is C29H26BrN7O4. The van der Waals surface area contributed by atoms with Crippen molar-refractivity contribution in [2.45, 2.75) is 6.92 Å². The summed E-state index contributed by atoms with van der Waals surface area (Å²) in [6.45, 7) is 4.83. The Labute approximate surface area is 241 Å². The van der Waals surface area contributed by atoms with Crippen LogP contribution in [0.5, 0.6) is 5.88 Å². The Hall–Kier alpha value is -4.84. The van der Waals surface area contributed by atoms with Crippen molar-refractivity contribution in [1.29, 1.82) is 0 Å². The third-order valence-electron chi connectivity index (χ3n) is 7.21. The molecule has 1 aliphatic heterocycles. The Balaban J connectivity index is 1.38. The number of H-pyrrole nitrogens is 3. The molecule has 0 saturated carbocycles. The minimum absolute atomic E-state index is 0.173. The third kappa shape index (κ3) is 5.09. The highest BCUT2D eigenvalue weighted by Gasteiger charge is 2.21. The summed E-state index contributed by atoms with van der Waals surface area (Å²) in [4.78, 5) is 54.3. The van der Waals surface area contributed by atoms with Crippen LogP contribution >= 0.6 is 15.9 Å². The van der Waals surface area contributed by atoms with Gasteiger partial charge in [-0.3, -0.25) is 14.8 Å². The number of aryl methyl sites for hydroxylation is 1. The molecule has 0 aliphatic carbocycles. The number of rotatable bonds is 5. The lowest BCUT2D eigenvalue weighted by molar-refractivity contribution is 0.430. The summed E-state index contributed by atoms with van der Waals surface area (Å²) in [5, 5.41) is 11.0. The van der Waals surface area contributed by atoms with Gasteiger partial charge in [-0.1, -0.05) is 34.1 Å². The van der Waals surface area contributed by atoms with Crippen LogP contribution in [0.4, 0.5) is 17.1 Å². The predicted molar refractivity (Wildman–Crippen MR) is 164 cm³/mol. The lowest BCUT2D eigenvalue weighted by Gasteiger charge is -2.37. The van der Waals surface area contributed by atoms with Gasteiger partial charge in [-0.25, -0.2) is 14.2 Å². The topological polar surface area (TPSA) is 143 Å². The zero-order chi connectivity index (χ0) is 28.7. The van der Waals surface area contributed by atoms with Gasteiger partial charge in [-0.15, -0.1) is 0 Å². The molecule has 5 aromatic rings. The van der Waals surface area contributed by atoms with Crippen molar-refractivity contribution in [2.75, 3.05) is 36.0 Å². The van der Waals surface area contributed by atoms with Crippen molar-refractivity contribution in [3.05, 3.63) is 108 Å². The van der Waals surface area contributed by atoms with E-state index in [1.807, 2.05) is 31.2 Å². The van der Waals surface area contributed by atoms with Crippen molar-refractivity contribution in [2.24, 2.45) is 4.99 Å². The van der Waals surface area contributed by atoms with Crippen LogP contribution in [0.1, 0.15) is 11.1 Å². The first-order valence-corrected chi connectivity index (χ1v) is 13.8. The fraction of sp³-hybridized carbons (Fsp3) is 0.172. The summed E-state index contributed by atoms with van der Waals surface area (Å²) in [6.07, 6.45) is 1.24. The number of fused-ring (bicyclic) bond motifs is 1. The Morgan fingerprint density at radius 1 is 0.854 bits per heavy atom. The van der Waals surface area contributed by atoms with E-state index in [2.05, 4.69) is 57.8 Å². The van der Waals surface area contributed by atoms with Gasteiger partial charge in [0.2, 0.25) is 5.88 Å². The van der Waals surface area contributed by atoms with Crippen molar-refractivity contribution < 1.29 is 5.11 Å². The lowest BCUT2D eigenvalue weighted by Crippen LogP contribution is -2.46. The molecule has 41 heavy (non-hydrogen) atoms. The summed E-state index contributed by atoms with van der Waals surface area (Å²) >= 11 is 3.43. The van der Waals surface area contributed by atoms with Gasteiger partial charge < -0.3 is 24.9 Å². The lowest BCUT2D eigenvalue weighted by atomic mass is 10.1. The number of benzene rings is 3. The highest BCUT2D eigenvalue weighted by molar-refractivity contribution is 9.10. The van der Waals surface area contributed by atoms with Crippen LogP contribution in [-0.4, -0.2) is 57.0 Å². The Morgan fingerprint density at radius 2 is 1.54 bits per heavy atom. The van der Waals surface area contributed by atoms with E-state index in [-0.39, 0.29) is 11.3 Å². The van der Waals surface area contributed by atoms with Crippen LogP contribution in [0.3, 0.4) is 0 Å². The largest absolute Gasteiger partial charge is 0.493 e. The summed E-state index contributed by atoms with van der Waals surface area (Å²) in [5.41, 5.74) is 2.80. The number of imidazole rings is 1. The number of aliphatic imine (C=N–C) groups is 1. The van der Waals surface area contributed by atoms with Gasteiger partial charge >= 0.3 is 11.4 Å². The van der Waals surface area contributed by atoms with E-state index < -0.39 is 17.1 Å². The molecule has 0 unspecified atom stereocenters. The monoisotopic (exact) mass is 615 g/mol. The van der Waals surface area contributed by atoms with E-state index in [0.29, 0.717) is 35.5 Å². The molecule has 1 fully saturated rings. The summed E-state index contributed by atoms with van der Waals surface area (Å²) in [6, 6.07) is 18.9. The number of nitrogens with one attached hydrogen (secondary N) is 3. The predicted octanol–water partition coefficient (Wildman–Crippen LogP) is 3.55. The van der Waals surface area contributed by atoms with Gasteiger partial charge in [0.15, 0.2) is 0 Å². The summed E-state index contributed by atoms with van der Waals surface area (Å²) < 4.78 is 1.87. The number of aromatic hydroxyl groups is 1. The smallest absolute Gasteiger partial charge is 0.335 e. The quantitative estimate of drug-likeness (QED) is 0.223. The fourth-order valence-electron chi connectivity index (χ4n) is 5.06. The standard InChI is InChI=1S/C29H26BrN7O4/c1-17-13-19(7-8-21(17)30)37-27(39)20(26(38)34-29(37)41)16-31-24-14-22-23(33-28(40)32-22)15-25(24)36-11-9-35(10-12-36)18-5-3-2-4-6-18/h2-8,13-16,39H,9-12H2,1H3,(H2,32,33,40)(H,34,38,41). The molecule has 0 bridgehead atoms. The Morgan fingerprint density at radius 3 is 2.24 bits per heavy atom. The second-order valence-corrected chi connectivity index (χ2v) is 10.7. The molecular weight excluding hydrogens is 590 g/mol. The maximum absolute atomic E-state index is 12.8. The number of aromatic amines is 3. The first kappa shape index (κ1) is 26.4. The molecule has 208 valence electrons. The first-order chi connectivity index (χ1) is 19.8. The zero-order valence-corrected chi connectivity index (χ0v) is 23.6. The normalized spacial score (nSPS) is 13.9. The number of aromatic nitrogens is 4. The van der Waals surface area contributed by atoms with Crippen LogP contribution < -0.4 is 26.7 Å². The third-order valence-corrected chi connectivity index (χ3v) is 8.10. The SMILES string of the molecule is Cc1cc(-n2c(O)c(C=Nc3cc4[nH]c(=O)[nH]c4cc3N3CCN(c4ccccc4)CC3)c(=O)[nH]c2=O)ccc1Br. The fourth-order valence-corrected chi connectivity index (χ4v) is 5.30. The molecule has 3 aromatic carbocycles. The molecule has 0 atom stereocenters. The van der Waals surface area contributed by atoms with E-state index in [1.54, 1.807) is 24.3 Å². The summed E-state index contributed by atoms with van der Waals surface area (Å²) in [7, 11) is 0. The molecule has 0 radical (unpaired) electrons. The summed E-state index contributed by atoms with van der Waals surface area (Å²) in [5.74, 6) is -0.529. The molecule has 3 heterocycles. The average Bonchev–Trinajstić information content (AvgIpc) is 3.33. The molecule has 1 aliphatic rings.